The molecule has 0 radical (unpaired) electrons. The average Bonchev–Trinajstić information content (AvgIpc) is 3.59. The molecule has 8 aromatic carbocycles. The third-order valence-corrected chi connectivity index (χ3v) is 10.8. The zero-order chi connectivity index (χ0) is 36.6. The smallest absolute Gasteiger partial charge is 0.164 e. The van der Waals surface area contributed by atoms with Crippen LogP contribution in [0.2, 0.25) is 0 Å². The molecule has 0 fully saturated rings. The predicted molar refractivity (Wildman–Crippen MR) is 224 cm³/mol. The molecular formula is C52H35N3. The van der Waals surface area contributed by atoms with Gasteiger partial charge in [0.25, 0.3) is 0 Å². The van der Waals surface area contributed by atoms with Crippen LogP contribution in [0, 0.1) is 0 Å². The number of fused-ring (bicyclic) bond motifs is 3. The molecule has 0 atom stereocenters. The summed E-state index contributed by atoms with van der Waals surface area (Å²) in [4.78, 5) is 15.4. The van der Waals surface area contributed by atoms with E-state index in [-0.39, 0.29) is 0 Å². The number of hydrogen-bond acceptors (Lipinski definition) is 3. The van der Waals surface area contributed by atoms with Crippen LogP contribution in [0.1, 0.15) is 22.3 Å². The van der Waals surface area contributed by atoms with Gasteiger partial charge in [0.1, 0.15) is 0 Å². The first kappa shape index (κ1) is 32.4. The number of hydrogen-bond donors (Lipinski definition) is 0. The fraction of sp³-hybridized carbons (Fsp3) is 0.0192. The number of nitrogens with zero attached hydrogens (tertiary/aromatic N) is 3. The molecule has 0 N–H and O–H groups in total. The predicted octanol–water partition coefficient (Wildman–Crippen LogP) is 12.6. The Balaban J connectivity index is 1.17. The van der Waals surface area contributed by atoms with Gasteiger partial charge in [-0.05, 0) is 61.7 Å². The topological polar surface area (TPSA) is 38.7 Å². The van der Waals surface area contributed by atoms with Gasteiger partial charge in [0, 0.05) is 16.7 Å². The molecule has 3 heteroatoms. The SMILES string of the molecule is c1ccc(-c2nc(-c3cccc(-c4cccc5c4-c4ccccc4C5(c4ccccc4)c4ccccc4)c3)nc(-c3ccccc3-c3ccccc3)n2)cc1. The lowest BCUT2D eigenvalue weighted by atomic mass is 9.67. The first-order valence-electron chi connectivity index (χ1n) is 18.7. The molecule has 9 aromatic rings. The molecule has 1 aliphatic carbocycles. The number of aromatic nitrogens is 3. The van der Waals surface area contributed by atoms with Gasteiger partial charge in [0.2, 0.25) is 0 Å². The Morgan fingerprint density at radius 1 is 0.273 bits per heavy atom. The fourth-order valence-corrected chi connectivity index (χ4v) is 8.45. The number of benzene rings is 8. The lowest BCUT2D eigenvalue weighted by molar-refractivity contribution is 0.768. The largest absolute Gasteiger partial charge is 0.208 e. The molecule has 1 aromatic heterocycles. The van der Waals surface area contributed by atoms with E-state index in [2.05, 4.69) is 182 Å². The van der Waals surface area contributed by atoms with Gasteiger partial charge in [-0.2, -0.15) is 0 Å². The molecule has 10 rings (SSSR count). The Bertz CT molecular complexity index is 2760. The van der Waals surface area contributed by atoms with Gasteiger partial charge in [-0.15, -0.1) is 0 Å². The summed E-state index contributed by atoms with van der Waals surface area (Å²) < 4.78 is 0. The van der Waals surface area contributed by atoms with E-state index in [0.717, 1.165) is 33.4 Å². The number of rotatable bonds is 7. The fourth-order valence-electron chi connectivity index (χ4n) is 8.45. The molecule has 0 saturated heterocycles. The van der Waals surface area contributed by atoms with Crippen LogP contribution < -0.4 is 0 Å². The maximum Gasteiger partial charge on any atom is 0.164 e. The van der Waals surface area contributed by atoms with Crippen molar-refractivity contribution in [3.05, 3.63) is 235 Å². The summed E-state index contributed by atoms with van der Waals surface area (Å²) in [6.45, 7) is 0. The zero-order valence-electron chi connectivity index (χ0n) is 30.0. The van der Waals surface area contributed by atoms with E-state index < -0.39 is 5.41 Å². The highest BCUT2D eigenvalue weighted by Gasteiger charge is 2.46. The summed E-state index contributed by atoms with van der Waals surface area (Å²) in [5, 5.41) is 0. The van der Waals surface area contributed by atoms with Crippen molar-refractivity contribution in [3.8, 4) is 67.5 Å². The summed E-state index contributed by atoms with van der Waals surface area (Å²) in [6.07, 6.45) is 0. The van der Waals surface area contributed by atoms with Gasteiger partial charge in [-0.1, -0.05) is 206 Å². The van der Waals surface area contributed by atoms with E-state index in [1.807, 2.05) is 30.3 Å². The van der Waals surface area contributed by atoms with Crippen LogP contribution in [-0.2, 0) is 5.41 Å². The molecule has 0 amide bonds. The summed E-state index contributed by atoms with van der Waals surface area (Å²) in [5.74, 6) is 1.90. The van der Waals surface area contributed by atoms with Crippen LogP contribution in [0.3, 0.4) is 0 Å². The van der Waals surface area contributed by atoms with Gasteiger partial charge in [0.15, 0.2) is 17.5 Å². The normalized spacial score (nSPS) is 12.5. The Labute approximate surface area is 321 Å². The highest BCUT2D eigenvalue weighted by molar-refractivity contribution is 5.96. The van der Waals surface area contributed by atoms with Gasteiger partial charge in [-0.25, -0.2) is 15.0 Å². The lowest BCUT2D eigenvalue weighted by Crippen LogP contribution is -2.28. The second-order valence-electron chi connectivity index (χ2n) is 13.9. The highest BCUT2D eigenvalue weighted by atomic mass is 15.0. The molecule has 0 aliphatic heterocycles. The molecule has 0 saturated carbocycles. The van der Waals surface area contributed by atoms with Crippen molar-refractivity contribution >= 4 is 0 Å². The Kier molecular flexibility index (Phi) is 8.04. The molecule has 0 unspecified atom stereocenters. The monoisotopic (exact) mass is 701 g/mol. The molecule has 55 heavy (non-hydrogen) atoms. The van der Waals surface area contributed by atoms with Crippen molar-refractivity contribution in [3.63, 3.8) is 0 Å². The minimum atomic E-state index is -0.470. The van der Waals surface area contributed by atoms with Crippen molar-refractivity contribution in [2.24, 2.45) is 0 Å². The van der Waals surface area contributed by atoms with Gasteiger partial charge < -0.3 is 0 Å². The maximum absolute atomic E-state index is 5.21. The summed E-state index contributed by atoms with van der Waals surface area (Å²) in [6, 6.07) is 75.2. The van der Waals surface area contributed by atoms with E-state index in [1.54, 1.807) is 0 Å². The molecule has 258 valence electrons. The summed E-state index contributed by atoms with van der Waals surface area (Å²) >= 11 is 0. The Morgan fingerprint density at radius 3 is 1.38 bits per heavy atom. The van der Waals surface area contributed by atoms with Crippen molar-refractivity contribution in [2.75, 3.05) is 0 Å². The second-order valence-corrected chi connectivity index (χ2v) is 13.9. The van der Waals surface area contributed by atoms with Gasteiger partial charge in [0.05, 0.1) is 5.41 Å². The first-order chi connectivity index (χ1) is 27.3. The second kappa shape index (κ2) is 13.6. The Hall–Kier alpha value is -7.23. The summed E-state index contributed by atoms with van der Waals surface area (Å²) in [5.41, 5.74) is 14.4. The minimum Gasteiger partial charge on any atom is -0.208 e. The highest BCUT2D eigenvalue weighted by Crippen LogP contribution is 2.58. The van der Waals surface area contributed by atoms with E-state index in [9.17, 15) is 0 Å². The standard InChI is InChI=1S/C52H35N3/c1-5-19-36(20-6-1)42-29-13-14-30-44(42)51-54-49(37-21-7-2-8-22-37)53-50(55-51)39-24-17-23-38(35-39)43-32-18-34-47-48(43)45-31-15-16-33-46(45)52(47,40-25-9-3-10-26-40)41-27-11-4-12-28-41/h1-35H. The van der Waals surface area contributed by atoms with E-state index in [4.69, 9.17) is 15.0 Å². The van der Waals surface area contributed by atoms with E-state index in [1.165, 1.54) is 38.9 Å². The van der Waals surface area contributed by atoms with Crippen LogP contribution in [0.4, 0.5) is 0 Å². The quantitative estimate of drug-likeness (QED) is 0.166. The van der Waals surface area contributed by atoms with Crippen LogP contribution in [-0.4, -0.2) is 15.0 Å². The van der Waals surface area contributed by atoms with E-state index >= 15 is 0 Å². The van der Waals surface area contributed by atoms with Crippen molar-refractivity contribution in [2.45, 2.75) is 5.41 Å². The molecule has 0 spiro atoms. The van der Waals surface area contributed by atoms with Crippen LogP contribution in [0.25, 0.3) is 67.5 Å². The molecule has 1 aliphatic rings. The van der Waals surface area contributed by atoms with Crippen molar-refractivity contribution in [1.29, 1.82) is 0 Å². The molecule has 1 heterocycles. The molecular weight excluding hydrogens is 667 g/mol. The minimum absolute atomic E-state index is 0.470. The van der Waals surface area contributed by atoms with Crippen LogP contribution in [0.15, 0.2) is 212 Å². The van der Waals surface area contributed by atoms with Gasteiger partial charge in [-0.3, -0.25) is 0 Å². The summed E-state index contributed by atoms with van der Waals surface area (Å²) in [7, 11) is 0. The molecule has 3 nitrogen and oxygen atoms in total. The third kappa shape index (κ3) is 5.48. The average molecular weight is 702 g/mol. The van der Waals surface area contributed by atoms with Crippen molar-refractivity contribution < 1.29 is 0 Å². The molecule has 0 bridgehead atoms. The first-order valence-corrected chi connectivity index (χ1v) is 18.7. The van der Waals surface area contributed by atoms with E-state index in [0.29, 0.717) is 17.5 Å². The third-order valence-electron chi connectivity index (χ3n) is 10.8. The maximum atomic E-state index is 5.21. The van der Waals surface area contributed by atoms with Gasteiger partial charge >= 0.3 is 0 Å². The lowest BCUT2D eigenvalue weighted by Gasteiger charge is -2.34. The zero-order valence-corrected chi connectivity index (χ0v) is 30.0. The van der Waals surface area contributed by atoms with Crippen LogP contribution >= 0.6 is 0 Å². The van der Waals surface area contributed by atoms with Crippen molar-refractivity contribution in [1.82, 2.24) is 15.0 Å². The van der Waals surface area contributed by atoms with Crippen LogP contribution in [0.5, 0.6) is 0 Å². The Morgan fingerprint density at radius 2 is 0.709 bits per heavy atom.